The molecule has 2 rings (SSSR count). The molecule has 2 atom stereocenters. The molecule has 0 fully saturated rings. The van der Waals surface area contributed by atoms with Crippen LogP contribution in [0, 0.1) is 0 Å². The van der Waals surface area contributed by atoms with Crippen LogP contribution >= 0.6 is 15.9 Å². The quantitative estimate of drug-likeness (QED) is 0.633. The molecule has 1 aromatic carbocycles. The molecule has 27 heavy (non-hydrogen) atoms. The Labute approximate surface area is 162 Å². The standard InChI is InChI=1S/C17H20BrF3N4O2/c1-11(12-3-5-13(18)6-4-12)24-15(26)23-8-7-16(27,17(19,20)21)14-22-9-10-25(14)2/h3-6,9-11,27H,7-8H2,1-2H3,(H2,23,24,26). The predicted octanol–water partition coefficient (Wildman–Crippen LogP) is 3.38. The van der Waals surface area contributed by atoms with Crippen molar-refractivity contribution in [2.45, 2.75) is 31.2 Å². The summed E-state index contributed by atoms with van der Waals surface area (Å²) in [5.74, 6) is -0.527. The van der Waals surface area contributed by atoms with Crippen molar-refractivity contribution in [2.75, 3.05) is 6.54 Å². The van der Waals surface area contributed by atoms with Crippen molar-refractivity contribution in [3.05, 3.63) is 52.5 Å². The number of amides is 2. The number of carbonyl (C=O) groups is 1. The van der Waals surface area contributed by atoms with Crippen LogP contribution < -0.4 is 10.6 Å². The minimum Gasteiger partial charge on any atom is -0.374 e. The van der Waals surface area contributed by atoms with Gasteiger partial charge in [-0.05, 0) is 24.6 Å². The highest BCUT2D eigenvalue weighted by Gasteiger charge is 2.57. The van der Waals surface area contributed by atoms with Crippen LogP contribution in [-0.2, 0) is 12.6 Å². The second-order valence-corrected chi connectivity index (χ2v) is 7.06. The van der Waals surface area contributed by atoms with E-state index in [-0.39, 0.29) is 12.6 Å². The topological polar surface area (TPSA) is 79.2 Å². The number of nitrogens with zero attached hydrogens (tertiary/aromatic N) is 2. The first-order valence-corrected chi connectivity index (χ1v) is 8.90. The Hall–Kier alpha value is -2.07. The molecule has 0 spiro atoms. The van der Waals surface area contributed by atoms with Crippen LogP contribution in [0.3, 0.4) is 0 Å². The van der Waals surface area contributed by atoms with Crippen molar-refractivity contribution in [3.63, 3.8) is 0 Å². The third-order valence-electron chi connectivity index (χ3n) is 4.15. The van der Waals surface area contributed by atoms with Gasteiger partial charge in [0.2, 0.25) is 5.60 Å². The number of carbonyl (C=O) groups excluding carboxylic acids is 1. The van der Waals surface area contributed by atoms with Crippen molar-refractivity contribution >= 4 is 22.0 Å². The van der Waals surface area contributed by atoms with Crippen molar-refractivity contribution in [1.82, 2.24) is 20.2 Å². The normalized spacial score (nSPS) is 15.1. The van der Waals surface area contributed by atoms with Gasteiger partial charge in [0, 0.05) is 36.9 Å². The van der Waals surface area contributed by atoms with Crippen LogP contribution in [0.1, 0.15) is 30.8 Å². The third-order valence-corrected chi connectivity index (χ3v) is 4.68. The fraction of sp³-hybridized carbons (Fsp3) is 0.412. The number of rotatable bonds is 6. The highest BCUT2D eigenvalue weighted by atomic mass is 79.9. The van der Waals surface area contributed by atoms with Gasteiger partial charge in [0.05, 0.1) is 6.04 Å². The number of hydrogen-bond acceptors (Lipinski definition) is 3. The number of urea groups is 1. The van der Waals surface area contributed by atoms with Gasteiger partial charge in [-0.3, -0.25) is 0 Å². The molecule has 0 saturated carbocycles. The van der Waals surface area contributed by atoms with Crippen molar-refractivity contribution in [1.29, 1.82) is 0 Å². The monoisotopic (exact) mass is 448 g/mol. The van der Waals surface area contributed by atoms with E-state index in [2.05, 4.69) is 31.5 Å². The highest BCUT2D eigenvalue weighted by Crippen LogP contribution is 2.40. The van der Waals surface area contributed by atoms with Gasteiger partial charge in [0.25, 0.3) is 0 Å². The number of alkyl halides is 3. The van der Waals surface area contributed by atoms with Gasteiger partial charge in [-0.25, -0.2) is 9.78 Å². The van der Waals surface area contributed by atoms with Gasteiger partial charge in [-0.15, -0.1) is 0 Å². The SMILES string of the molecule is CC(NC(=O)NCCC(O)(c1nccn1C)C(F)(F)F)c1ccc(Br)cc1. The summed E-state index contributed by atoms with van der Waals surface area (Å²) < 4.78 is 42.2. The highest BCUT2D eigenvalue weighted by molar-refractivity contribution is 9.10. The maximum atomic E-state index is 13.4. The first kappa shape index (κ1) is 21.2. The second-order valence-electron chi connectivity index (χ2n) is 6.14. The fourth-order valence-corrected chi connectivity index (χ4v) is 2.85. The van der Waals surface area contributed by atoms with Gasteiger partial charge in [-0.1, -0.05) is 28.1 Å². The zero-order chi connectivity index (χ0) is 20.2. The maximum absolute atomic E-state index is 13.4. The summed E-state index contributed by atoms with van der Waals surface area (Å²) >= 11 is 3.31. The molecule has 6 nitrogen and oxygen atoms in total. The van der Waals surface area contributed by atoms with Gasteiger partial charge in [0.15, 0.2) is 0 Å². The summed E-state index contributed by atoms with van der Waals surface area (Å²) in [6.07, 6.45) is -3.21. The molecule has 0 aliphatic heterocycles. The molecule has 2 amide bonds. The van der Waals surface area contributed by atoms with E-state index < -0.39 is 30.1 Å². The second kappa shape index (κ2) is 8.30. The minimum absolute atomic E-state index is 0.339. The lowest BCUT2D eigenvalue weighted by Crippen LogP contribution is -2.47. The van der Waals surface area contributed by atoms with E-state index in [0.717, 1.165) is 14.6 Å². The largest absolute Gasteiger partial charge is 0.424 e. The molecule has 0 aliphatic carbocycles. The molecular formula is C17H20BrF3N4O2. The molecule has 0 radical (unpaired) electrons. The average Bonchev–Trinajstić information content (AvgIpc) is 3.00. The number of hydrogen-bond donors (Lipinski definition) is 3. The van der Waals surface area contributed by atoms with Gasteiger partial charge in [0.1, 0.15) is 5.82 Å². The van der Waals surface area contributed by atoms with Crippen LogP contribution in [0.5, 0.6) is 0 Å². The molecular weight excluding hydrogens is 429 g/mol. The van der Waals surface area contributed by atoms with E-state index in [0.29, 0.717) is 0 Å². The number of imidazole rings is 1. The zero-order valence-corrected chi connectivity index (χ0v) is 16.3. The predicted molar refractivity (Wildman–Crippen MR) is 96.9 cm³/mol. The van der Waals surface area contributed by atoms with E-state index in [1.807, 2.05) is 24.3 Å². The Bertz CT molecular complexity index is 779. The number of benzene rings is 1. The Morgan fingerprint density at radius 2 is 1.96 bits per heavy atom. The first-order valence-electron chi connectivity index (χ1n) is 8.11. The van der Waals surface area contributed by atoms with E-state index in [4.69, 9.17) is 0 Å². The van der Waals surface area contributed by atoms with E-state index >= 15 is 0 Å². The smallest absolute Gasteiger partial charge is 0.374 e. The number of halogens is 4. The molecule has 1 heterocycles. The van der Waals surface area contributed by atoms with Gasteiger partial charge in [-0.2, -0.15) is 13.2 Å². The van der Waals surface area contributed by atoms with Crippen LogP contribution in [0.15, 0.2) is 41.1 Å². The average molecular weight is 449 g/mol. The number of aryl methyl sites for hydroxylation is 1. The molecule has 0 saturated heterocycles. The maximum Gasteiger partial charge on any atom is 0.424 e. The van der Waals surface area contributed by atoms with Gasteiger partial charge >= 0.3 is 12.2 Å². The summed E-state index contributed by atoms with van der Waals surface area (Å²) in [5, 5.41) is 15.2. The minimum atomic E-state index is -4.94. The van der Waals surface area contributed by atoms with Crippen molar-refractivity contribution in [3.8, 4) is 0 Å². The van der Waals surface area contributed by atoms with E-state index in [1.54, 1.807) is 6.92 Å². The van der Waals surface area contributed by atoms with Gasteiger partial charge < -0.3 is 20.3 Å². The van der Waals surface area contributed by atoms with Crippen molar-refractivity contribution < 1.29 is 23.1 Å². The third kappa shape index (κ3) is 5.01. The fourth-order valence-electron chi connectivity index (χ4n) is 2.58. The summed E-state index contributed by atoms with van der Waals surface area (Å²) in [6.45, 7) is 1.37. The Balaban J connectivity index is 1.95. The summed E-state index contributed by atoms with van der Waals surface area (Å²) in [6, 6.07) is 6.31. The zero-order valence-electron chi connectivity index (χ0n) is 14.7. The Morgan fingerprint density at radius 3 is 2.48 bits per heavy atom. The molecule has 3 N–H and O–H groups in total. The lowest BCUT2D eigenvalue weighted by Gasteiger charge is -2.30. The summed E-state index contributed by atoms with van der Waals surface area (Å²) in [7, 11) is 1.36. The first-order chi connectivity index (χ1) is 12.5. The summed E-state index contributed by atoms with van der Waals surface area (Å²) in [5.41, 5.74) is -2.32. The molecule has 148 valence electrons. The summed E-state index contributed by atoms with van der Waals surface area (Å²) in [4.78, 5) is 15.6. The number of aromatic nitrogens is 2. The van der Waals surface area contributed by atoms with Crippen LogP contribution in [-0.4, -0.2) is 33.4 Å². The van der Waals surface area contributed by atoms with Crippen LogP contribution in [0.25, 0.3) is 0 Å². The van der Waals surface area contributed by atoms with E-state index in [1.165, 1.54) is 19.4 Å². The van der Waals surface area contributed by atoms with Crippen LogP contribution in [0.2, 0.25) is 0 Å². The molecule has 2 unspecified atom stereocenters. The molecule has 2 aromatic rings. The molecule has 0 aliphatic rings. The number of aliphatic hydroxyl groups is 1. The lowest BCUT2D eigenvalue weighted by molar-refractivity contribution is -0.272. The number of nitrogens with one attached hydrogen (secondary N) is 2. The molecule has 0 bridgehead atoms. The Morgan fingerprint density at radius 1 is 1.33 bits per heavy atom. The lowest BCUT2D eigenvalue weighted by atomic mass is 9.97. The van der Waals surface area contributed by atoms with Crippen molar-refractivity contribution in [2.24, 2.45) is 7.05 Å². The molecule has 1 aromatic heterocycles. The van der Waals surface area contributed by atoms with Crippen LogP contribution in [0.4, 0.5) is 18.0 Å². The Kier molecular flexibility index (Phi) is 6.53. The van der Waals surface area contributed by atoms with E-state index in [9.17, 15) is 23.1 Å². The molecule has 10 heteroatoms.